The van der Waals surface area contributed by atoms with Gasteiger partial charge in [0.05, 0.1) is 7.11 Å². The second-order valence-electron chi connectivity index (χ2n) is 4.76. The number of hydrogen-bond acceptors (Lipinski definition) is 3. The molecule has 0 aliphatic rings. The lowest BCUT2D eigenvalue weighted by atomic mass is 10.1. The summed E-state index contributed by atoms with van der Waals surface area (Å²) in [7, 11) is 1.62. The van der Waals surface area contributed by atoms with Crippen molar-refractivity contribution in [2.75, 3.05) is 12.4 Å². The fraction of sp³-hybridized carbons (Fsp3) is 0.250. The molecule has 0 fully saturated rings. The lowest BCUT2D eigenvalue weighted by Crippen LogP contribution is -2.03. The summed E-state index contributed by atoms with van der Waals surface area (Å²) in [6.07, 6.45) is 0. The highest BCUT2D eigenvalue weighted by atomic mass is 79.9. The number of rotatable bonds is 4. The van der Waals surface area contributed by atoms with Gasteiger partial charge >= 0.3 is 0 Å². The molecule has 20 heavy (non-hydrogen) atoms. The van der Waals surface area contributed by atoms with Gasteiger partial charge in [0.1, 0.15) is 11.5 Å². The van der Waals surface area contributed by atoms with Crippen LogP contribution < -0.4 is 10.1 Å². The number of anilines is 1. The largest absolute Gasteiger partial charge is 0.508 e. The maximum Gasteiger partial charge on any atom is 0.120 e. The smallest absolute Gasteiger partial charge is 0.120 e. The summed E-state index contributed by atoms with van der Waals surface area (Å²) in [6, 6.07) is 9.37. The summed E-state index contributed by atoms with van der Waals surface area (Å²) in [5, 5.41) is 13.3. The number of methoxy groups -OCH3 is 1. The Balaban J connectivity index is 2.21. The number of halogens is 1. The molecule has 4 heteroatoms. The van der Waals surface area contributed by atoms with Gasteiger partial charge in [-0.3, -0.25) is 0 Å². The Hall–Kier alpha value is -1.68. The number of phenols is 1. The van der Waals surface area contributed by atoms with Crippen molar-refractivity contribution in [3.8, 4) is 11.5 Å². The van der Waals surface area contributed by atoms with Crippen LogP contribution in [-0.2, 0) is 6.54 Å². The van der Waals surface area contributed by atoms with Gasteiger partial charge < -0.3 is 15.2 Å². The van der Waals surface area contributed by atoms with E-state index in [9.17, 15) is 5.11 Å². The van der Waals surface area contributed by atoms with Gasteiger partial charge in [-0.25, -0.2) is 0 Å². The maximum absolute atomic E-state index is 9.89. The van der Waals surface area contributed by atoms with Crippen LogP contribution >= 0.6 is 15.9 Å². The number of benzene rings is 2. The summed E-state index contributed by atoms with van der Waals surface area (Å²) in [5.41, 5.74) is 4.24. The molecule has 0 aromatic heterocycles. The van der Waals surface area contributed by atoms with Gasteiger partial charge in [-0.05, 0) is 55.3 Å². The third kappa shape index (κ3) is 3.25. The molecule has 0 atom stereocenters. The molecule has 2 rings (SSSR count). The molecule has 0 saturated heterocycles. The fourth-order valence-electron chi connectivity index (χ4n) is 2.20. The molecule has 0 heterocycles. The van der Waals surface area contributed by atoms with Crippen molar-refractivity contribution in [2.24, 2.45) is 0 Å². The molecule has 2 aromatic carbocycles. The van der Waals surface area contributed by atoms with Gasteiger partial charge in [0.2, 0.25) is 0 Å². The Kier molecular flexibility index (Phi) is 4.55. The molecule has 0 spiro atoms. The topological polar surface area (TPSA) is 41.5 Å². The van der Waals surface area contributed by atoms with Crippen LogP contribution in [0.25, 0.3) is 0 Å². The standard InChI is InChI=1S/C16H18BrNO2/c1-10-6-13(17)7-11(2)16(10)18-9-12-8-14(20-3)4-5-15(12)19/h4-8,18-19H,9H2,1-3H3. The highest BCUT2D eigenvalue weighted by molar-refractivity contribution is 9.10. The van der Waals surface area contributed by atoms with Crippen LogP contribution in [-0.4, -0.2) is 12.2 Å². The van der Waals surface area contributed by atoms with E-state index in [1.165, 1.54) is 11.1 Å². The average molecular weight is 336 g/mol. The van der Waals surface area contributed by atoms with Crippen molar-refractivity contribution in [2.45, 2.75) is 20.4 Å². The van der Waals surface area contributed by atoms with Crippen molar-refractivity contribution in [1.29, 1.82) is 0 Å². The van der Waals surface area contributed by atoms with Crippen molar-refractivity contribution in [3.05, 3.63) is 51.5 Å². The molecular weight excluding hydrogens is 318 g/mol. The monoisotopic (exact) mass is 335 g/mol. The fourth-order valence-corrected chi connectivity index (χ4v) is 2.89. The van der Waals surface area contributed by atoms with E-state index in [1.54, 1.807) is 19.2 Å². The SMILES string of the molecule is COc1ccc(O)c(CNc2c(C)cc(Br)cc2C)c1. The summed E-state index contributed by atoms with van der Waals surface area (Å²) in [5.74, 6) is 1.01. The minimum Gasteiger partial charge on any atom is -0.508 e. The van der Waals surface area contributed by atoms with Crippen molar-refractivity contribution in [1.82, 2.24) is 0 Å². The van der Waals surface area contributed by atoms with E-state index < -0.39 is 0 Å². The summed E-state index contributed by atoms with van der Waals surface area (Å²) < 4.78 is 6.25. The predicted octanol–water partition coefficient (Wildman–Crippen LogP) is 4.39. The van der Waals surface area contributed by atoms with E-state index >= 15 is 0 Å². The third-order valence-electron chi connectivity index (χ3n) is 3.24. The van der Waals surface area contributed by atoms with E-state index in [0.717, 1.165) is 21.5 Å². The Morgan fingerprint density at radius 2 is 1.80 bits per heavy atom. The highest BCUT2D eigenvalue weighted by Gasteiger charge is 2.07. The summed E-state index contributed by atoms with van der Waals surface area (Å²) in [4.78, 5) is 0. The van der Waals surface area contributed by atoms with E-state index in [4.69, 9.17) is 4.74 Å². The zero-order valence-electron chi connectivity index (χ0n) is 11.8. The van der Waals surface area contributed by atoms with Gasteiger partial charge in [0.15, 0.2) is 0 Å². The Morgan fingerprint density at radius 3 is 2.40 bits per heavy atom. The number of phenolic OH excluding ortho intramolecular Hbond substituents is 1. The summed E-state index contributed by atoms with van der Waals surface area (Å²) >= 11 is 3.49. The molecule has 0 unspecified atom stereocenters. The van der Waals surface area contributed by atoms with Gasteiger partial charge in [-0.15, -0.1) is 0 Å². The van der Waals surface area contributed by atoms with Crippen LogP contribution in [0.3, 0.4) is 0 Å². The minimum absolute atomic E-state index is 0.269. The zero-order valence-corrected chi connectivity index (χ0v) is 13.4. The van der Waals surface area contributed by atoms with Crippen LogP contribution in [0.5, 0.6) is 11.5 Å². The second-order valence-corrected chi connectivity index (χ2v) is 5.68. The number of aryl methyl sites for hydroxylation is 2. The first kappa shape index (κ1) is 14.7. The molecule has 2 aromatic rings. The molecule has 2 N–H and O–H groups in total. The molecule has 106 valence electrons. The molecular formula is C16H18BrNO2. The Labute approximate surface area is 127 Å². The Morgan fingerprint density at radius 1 is 1.15 bits per heavy atom. The molecule has 0 bridgehead atoms. The zero-order chi connectivity index (χ0) is 14.7. The van der Waals surface area contributed by atoms with Crippen molar-refractivity contribution in [3.63, 3.8) is 0 Å². The Bertz CT molecular complexity index is 603. The maximum atomic E-state index is 9.89. The number of aromatic hydroxyl groups is 1. The molecule has 0 radical (unpaired) electrons. The lowest BCUT2D eigenvalue weighted by molar-refractivity contribution is 0.411. The summed E-state index contributed by atoms with van der Waals surface area (Å²) in [6.45, 7) is 4.67. The van der Waals surface area contributed by atoms with Gasteiger partial charge in [-0.2, -0.15) is 0 Å². The normalized spacial score (nSPS) is 10.4. The van der Waals surface area contributed by atoms with Crippen LogP contribution in [0.1, 0.15) is 16.7 Å². The predicted molar refractivity (Wildman–Crippen MR) is 85.6 cm³/mol. The first-order chi connectivity index (χ1) is 9.51. The van der Waals surface area contributed by atoms with Crippen LogP contribution in [0.2, 0.25) is 0 Å². The van der Waals surface area contributed by atoms with Gasteiger partial charge in [0.25, 0.3) is 0 Å². The van der Waals surface area contributed by atoms with Crippen molar-refractivity contribution < 1.29 is 9.84 Å². The van der Waals surface area contributed by atoms with Gasteiger partial charge in [-0.1, -0.05) is 15.9 Å². The lowest BCUT2D eigenvalue weighted by Gasteiger charge is -2.14. The van der Waals surface area contributed by atoms with Crippen LogP contribution in [0, 0.1) is 13.8 Å². The van der Waals surface area contributed by atoms with E-state index in [0.29, 0.717) is 6.54 Å². The number of hydrogen-bond donors (Lipinski definition) is 2. The first-order valence-electron chi connectivity index (χ1n) is 6.37. The third-order valence-corrected chi connectivity index (χ3v) is 3.70. The van der Waals surface area contributed by atoms with Crippen LogP contribution in [0.4, 0.5) is 5.69 Å². The molecule has 0 saturated carbocycles. The molecule has 0 aliphatic carbocycles. The minimum atomic E-state index is 0.269. The van der Waals surface area contributed by atoms with Gasteiger partial charge in [0, 0.05) is 22.3 Å². The van der Waals surface area contributed by atoms with Crippen LogP contribution in [0.15, 0.2) is 34.8 Å². The molecule has 0 aliphatic heterocycles. The highest BCUT2D eigenvalue weighted by Crippen LogP contribution is 2.28. The average Bonchev–Trinajstić information content (AvgIpc) is 2.39. The number of nitrogens with one attached hydrogen (secondary N) is 1. The molecule has 3 nitrogen and oxygen atoms in total. The van der Waals surface area contributed by atoms with E-state index in [1.807, 2.05) is 6.07 Å². The quantitative estimate of drug-likeness (QED) is 0.870. The van der Waals surface area contributed by atoms with Crippen molar-refractivity contribution >= 4 is 21.6 Å². The van der Waals surface area contributed by atoms with E-state index in [-0.39, 0.29) is 5.75 Å². The second kappa shape index (κ2) is 6.18. The van der Waals surface area contributed by atoms with E-state index in [2.05, 4.69) is 47.2 Å². The number of ether oxygens (including phenoxy) is 1. The molecule has 0 amide bonds. The first-order valence-corrected chi connectivity index (χ1v) is 7.17.